The maximum Gasteiger partial charge on any atom is 0.139 e. The Labute approximate surface area is 210 Å². The van der Waals surface area contributed by atoms with Gasteiger partial charge in [0.25, 0.3) is 0 Å². The zero-order valence-corrected chi connectivity index (χ0v) is 20.4. The molecule has 180 valence electrons. The number of hydrogen-bond acceptors (Lipinski definition) is 5. The number of nitrogens with one attached hydrogen (secondary N) is 3. The van der Waals surface area contributed by atoms with Gasteiger partial charge in [-0.3, -0.25) is 4.98 Å². The number of aromatic nitrogens is 2. The van der Waals surface area contributed by atoms with Crippen LogP contribution in [0.25, 0.3) is 33.2 Å². The average molecular weight is 476 g/mol. The number of benzene rings is 2. The smallest absolute Gasteiger partial charge is 0.139 e. The largest absolute Gasteiger partial charge is 0.456 e. The lowest BCUT2D eigenvalue weighted by Crippen LogP contribution is -2.30. The number of anilines is 2. The standard InChI is InChI=1S/C30H29N5O/c1-19-24-11-12-33-27(24)9-8-26(19)35-30-22(15-31)17-32-18-25(30)29-14-21-13-20(7-10-28(21)36-29)16-34-23-5-3-2-4-6-23/h7-14,17-18,23,33-34H,2-6,16H2,1H3,(H,32,35). The van der Waals surface area contributed by atoms with Gasteiger partial charge in [-0.25, -0.2) is 0 Å². The van der Waals surface area contributed by atoms with E-state index < -0.39 is 0 Å². The summed E-state index contributed by atoms with van der Waals surface area (Å²) in [5.74, 6) is 0.690. The molecule has 0 radical (unpaired) electrons. The van der Waals surface area contributed by atoms with E-state index in [1.54, 1.807) is 12.4 Å². The molecule has 1 aliphatic rings. The number of nitriles is 1. The molecule has 36 heavy (non-hydrogen) atoms. The maximum atomic E-state index is 9.85. The monoisotopic (exact) mass is 475 g/mol. The number of nitrogens with zero attached hydrogens (tertiary/aromatic N) is 2. The first kappa shape index (κ1) is 22.4. The Morgan fingerprint density at radius 1 is 1.08 bits per heavy atom. The molecule has 0 bridgehead atoms. The van der Waals surface area contributed by atoms with Crippen LogP contribution in [0.15, 0.2) is 65.5 Å². The van der Waals surface area contributed by atoms with Crippen molar-refractivity contribution < 1.29 is 4.42 Å². The van der Waals surface area contributed by atoms with Gasteiger partial charge in [0.1, 0.15) is 17.4 Å². The third kappa shape index (κ3) is 4.23. The summed E-state index contributed by atoms with van der Waals surface area (Å²) in [5.41, 5.74) is 7.14. The van der Waals surface area contributed by atoms with Gasteiger partial charge >= 0.3 is 0 Å². The van der Waals surface area contributed by atoms with Crippen LogP contribution in [0.4, 0.5) is 11.4 Å². The van der Waals surface area contributed by atoms with Crippen molar-refractivity contribution in [2.45, 2.75) is 51.6 Å². The Kier molecular flexibility index (Phi) is 5.92. The van der Waals surface area contributed by atoms with E-state index in [2.05, 4.69) is 51.8 Å². The minimum Gasteiger partial charge on any atom is -0.456 e. The van der Waals surface area contributed by atoms with Crippen LogP contribution >= 0.6 is 0 Å². The lowest BCUT2D eigenvalue weighted by atomic mass is 9.95. The molecular formula is C30H29N5O. The van der Waals surface area contributed by atoms with Gasteiger partial charge in [-0.2, -0.15) is 5.26 Å². The lowest BCUT2D eigenvalue weighted by Gasteiger charge is -2.22. The van der Waals surface area contributed by atoms with E-state index in [1.165, 1.54) is 37.7 Å². The number of aromatic amines is 1. The average Bonchev–Trinajstić information content (AvgIpc) is 3.57. The second-order valence-electron chi connectivity index (χ2n) is 9.72. The molecule has 1 aliphatic carbocycles. The summed E-state index contributed by atoms with van der Waals surface area (Å²) < 4.78 is 6.25. The summed E-state index contributed by atoms with van der Waals surface area (Å²) in [4.78, 5) is 7.58. The number of aryl methyl sites for hydroxylation is 1. The first-order valence-corrected chi connectivity index (χ1v) is 12.7. The molecular weight excluding hydrogens is 446 g/mol. The van der Waals surface area contributed by atoms with Gasteiger partial charge in [0.2, 0.25) is 0 Å². The van der Waals surface area contributed by atoms with E-state index in [0.717, 1.165) is 45.2 Å². The Bertz CT molecular complexity index is 1580. The minimum absolute atomic E-state index is 0.471. The predicted molar refractivity (Wildman–Crippen MR) is 144 cm³/mol. The van der Waals surface area contributed by atoms with Crippen molar-refractivity contribution in [3.63, 3.8) is 0 Å². The molecule has 0 atom stereocenters. The van der Waals surface area contributed by atoms with Crippen molar-refractivity contribution in [2.75, 3.05) is 5.32 Å². The summed E-state index contributed by atoms with van der Waals surface area (Å²) in [5, 5.41) is 19.3. The van der Waals surface area contributed by atoms with Gasteiger partial charge in [0.05, 0.1) is 16.8 Å². The fraction of sp³-hybridized carbons (Fsp3) is 0.267. The van der Waals surface area contributed by atoms with Crippen LogP contribution in [0.5, 0.6) is 0 Å². The summed E-state index contributed by atoms with van der Waals surface area (Å²) >= 11 is 0. The predicted octanol–water partition coefficient (Wildman–Crippen LogP) is 7.32. The number of pyridine rings is 1. The number of hydrogen-bond donors (Lipinski definition) is 3. The molecule has 2 aromatic carbocycles. The van der Waals surface area contributed by atoms with Crippen LogP contribution in [0, 0.1) is 18.3 Å². The van der Waals surface area contributed by atoms with Crippen LogP contribution in [-0.2, 0) is 6.54 Å². The fourth-order valence-corrected chi connectivity index (χ4v) is 5.33. The topological polar surface area (TPSA) is 89.7 Å². The van der Waals surface area contributed by atoms with E-state index in [0.29, 0.717) is 23.1 Å². The number of H-pyrrole nitrogens is 1. The van der Waals surface area contributed by atoms with Crippen LogP contribution in [0.2, 0.25) is 0 Å². The summed E-state index contributed by atoms with van der Waals surface area (Å²) in [6.07, 6.45) is 11.8. The summed E-state index contributed by atoms with van der Waals surface area (Å²) in [6, 6.07) is 17.5. The Balaban J connectivity index is 1.32. The molecule has 0 saturated heterocycles. The molecule has 0 aliphatic heterocycles. The summed E-state index contributed by atoms with van der Waals surface area (Å²) in [7, 11) is 0. The van der Waals surface area contributed by atoms with Gasteiger partial charge in [0.15, 0.2) is 0 Å². The highest BCUT2D eigenvalue weighted by Gasteiger charge is 2.17. The molecule has 1 fully saturated rings. The van der Waals surface area contributed by atoms with Crippen molar-refractivity contribution in [3.05, 3.63) is 77.7 Å². The molecule has 3 N–H and O–H groups in total. The van der Waals surface area contributed by atoms with E-state index >= 15 is 0 Å². The van der Waals surface area contributed by atoms with Crippen LogP contribution in [0.3, 0.4) is 0 Å². The second kappa shape index (κ2) is 9.52. The molecule has 3 heterocycles. The van der Waals surface area contributed by atoms with Crippen molar-refractivity contribution in [1.29, 1.82) is 5.26 Å². The van der Waals surface area contributed by atoms with Gasteiger partial charge < -0.3 is 20.0 Å². The third-order valence-corrected chi connectivity index (χ3v) is 7.38. The van der Waals surface area contributed by atoms with E-state index in [1.807, 2.05) is 30.5 Å². The zero-order chi connectivity index (χ0) is 24.5. The molecule has 0 spiro atoms. The van der Waals surface area contributed by atoms with E-state index in [4.69, 9.17) is 4.42 Å². The highest BCUT2D eigenvalue weighted by molar-refractivity contribution is 5.92. The second-order valence-corrected chi connectivity index (χ2v) is 9.72. The van der Waals surface area contributed by atoms with Gasteiger partial charge in [0, 0.05) is 53.2 Å². The first-order chi connectivity index (χ1) is 17.7. The highest BCUT2D eigenvalue weighted by atomic mass is 16.3. The Morgan fingerprint density at radius 3 is 2.83 bits per heavy atom. The molecule has 1 saturated carbocycles. The van der Waals surface area contributed by atoms with E-state index in [-0.39, 0.29) is 0 Å². The van der Waals surface area contributed by atoms with Crippen LogP contribution in [0.1, 0.15) is 48.8 Å². The maximum absolute atomic E-state index is 9.85. The van der Waals surface area contributed by atoms with Gasteiger partial charge in [-0.15, -0.1) is 0 Å². The van der Waals surface area contributed by atoms with Crippen molar-refractivity contribution in [3.8, 4) is 17.4 Å². The number of rotatable bonds is 6. The number of furan rings is 1. The van der Waals surface area contributed by atoms with Gasteiger partial charge in [-0.1, -0.05) is 25.3 Å². The van der Waals surface area contributed by atoms with Crippen molar-refractivity contribution in [2.24, 2.45) is 0 Å². The van der Waals surface area contributed by atoms with Crippen molar-refractivity contribution >= 4 is 33.2 Å². The fourth-order valence-electron chi connectivity index (χ4n) is 5.33. The molecule has 6 nitrogen and oxygen atoms in total. The minimum atomic E-state index is 0.471. The molecule has 0 unspecified atom stereocenters. The molecule has 5 aromatic rings. The molecule has 6 rings (SSSR count). The Hall–Kier alpha value is -4.08. The Morgan fingerprint density at radius 2 is 1.97 bits per heavy atom. The number of fused-ring (bicyclic) bond motifs is 2. The molecule has 3 aromatic heterocycles. The van der Waals surface area contributed by atoms with Crippen molar-refractivity contribution in [1.82, 2.24) is 15.3 Å². The van der Waals surface area contributed by atoms with Crippen LogP contribution < -0.4 is 10.6 Å². The van der Waals surface area contributed by atoms with Gasteiger partial charge in [-0.05, 0) is 67.3 Å². The highest BCUT2D eigenvalue weighted by Crippen LogP contribution is 2.37. The van der Waals surface area contributed by atoms with Crippen LogP contribution in [-0.4, -0.2) is 16.0 Å². The zero-order valence-electron chi connectivity index (χ0n) is 20.4. The molecule has 6 heteroatoms. The first-order valence-electron chi connectivity index (χ1n) is 12.7. The normalized spacial score (nSPS) is 14.3. The summed E-state index contributed by atoms with van der Waals surface area (Å²) in [6.45, 7) is 2.94. The quantitative estimate of drug-likeness (QED) is 0.239. The van der Waals surface area contributed by atoms with E-state index in [9.17, 15) is 5.26 Å². The third-order valence-electron chi connectivity index (χ3n) is 7.38. The SMILES string of the molecule is Cc1c(Nc2c(C#N)cncc2-c2cc3cc(CNC4CCCCC4)ccc3o2)ccc2[nH]ccc12. The molecule has 0 amide bonds. The lowest BCUT2D eigenvalue weighted by molar-refractivity contribution is 0.372.